The smallest absolute Gasteiger partial charge is 0.206 e. The van der Waals surface area contributed by atoms with Crippen LogP contribution in [0.15, 0.2) is 65.0 Å². The summed E-state index contributed by atoms with van der Waals surface area (Å²) in [6.07, 6.45) is 8.59. The van der Waals surface area contributed by atoms with Crippen LogP contribution in [0.2, 0.25) is 0 Å². The first-order valence-corrected chi connectivity index (χ1v) is 7.65. The van der Waals surface area contributed by atoms with E-state index < -0.39 is 0 Å². The number of pyridine rings is 1. The molecule has 0 fully saturated rings. The third kappa shape index (κ3) is 2.41. The molecule has 0 N–H and O–H groups in total. The minimum absolute atomic E-state index is 0.415. The first kappa shape index (κ1) is 15.3. The number of aromatic nitrogens is 3. The van der Waals surface area contributed by atoms with Gasteiger partial charge >= 0.3 is 0 Å². The molecule has 0 atom stereocenters. The fourth-order valence-electron chi connectivity index (χ4n) is 2.87. The van der Waals surface area contributed by atoms with Gasteiger partial charge in [0.2, 0.25) is 12.4 Å². The lowest BCUT2D eigenvalue weighted by Gasteiger charge is -2.20. The van der Waals surface area contributed by atoms with Gasteiger partial charge in [-0.05, 0) is 12.1 Å². The average Bonchev–Trinajstić information content (AvgIpc) is 2.71. The van der Waals surface area contributed by atoms with E-state index in [0.29, 0.717) is 39.6 Å². The summed E-state index contributed by atoms with van der Waals surface area (Å²) < 4.78 is 0. The molecule has 120 valence electrons. The second-order valence-electron chi connectivity index (χ2n) is 5.35. The Hall–Kier alpha value is -4.23. The van der Waals surface area contributed by atoms with E-state index in [9.17, 15) is 0 Å². The highest BCUT2D eigenvalue weighted by Gasteiger charge is 2.29. The standard InChI is InChI=1S/C19H9N7/c20-10-24-16-13-3-1-2-4-14(13)17(25-11-21)19-18(16)23-9-15(26-19)12-5-7-22-8-6-12/h1-9H. The van der Waals surface area contributed by atoms with Crippen LogP contribution in [0.25, 0.3) is 11.3 Å². The van der Waals surface area contributed by atoms with Crippen LogP contribution in [0.3, 0.4) is 0 Å². The molecule has 1 aliphatic rings. The van der Waals surface area contributed by atoms with Crippen LogP contribution >= 0.6 is 0 Å². The highest BCUT2D eigenvalue weighted by atomic mass is 14.9. The second kappa shape index (κ2) is 6.34. The van der Waals surface area contributed by atoms with Gasteiger partial charge in [0.25, 0.3) is 0 Å². The second-order valence-corrected chi connectivity index (χ2v) is 5.35. The lowest BCUT2D eigenvalue weighted by molar-refractivity contribution is 1.14. The van der Waals surface area contributed by atoms with E-state index in [-0.39, 0.29) is 0 Å². The summed E-state index contributed by atoms with van der Waals surface area (Å²) in [5.74, 6) is 0. The van der Waals surface area contributed by atoms with Crippen LogP contribution in [0.5, 0.6) is 0 Å². The van der Waals surface area contributed by atoms with Crippen molar-refractivity contribution in [2.24, 2.45) is 9.98 Å². The maximum Gasteiger partial charge on any atom is 0.206 e. The molecule has 1 aromatic carbocycles. The van der Waals surface area contributed by atoms with Crippen molar-refractivity contribution in [2.45, 2.75) is 0 Å². The van der Waals surface area contributed by atoms with Crippen molar-refractivity contribution in [3.63, 3.8) is 0 Å². The molecule has 4 rings (SSSR count). The van der Waals surface area contributed by atoms with E-state index in [4.69, 9.17) is 10.5 Å². The zero-order valence-corrected chi connectivity index (χ0v) is 13.3. The van der Waals surface area contributed by atoms with Crippen molar-refractivity contribution in [3.05, 3.63) is 77.5 Å². The van der Waals surface area contributed by atoms with Crippen LogP contribution in [0, 0.1) is 22.9 Å². The van der Waals surface area contributed by atoms with Crippen molar-refractivity contribution in [1.82, 2.24) is 15.0 Å². The Balaban J connectivity index is 2.02. The molecule has 2 aromatic heterocycles. The quantitative estimate of drug-likeness (QED) is 0.496. The molecule has 2 heterocycles. The molecule has 7 nitrogen and oxygen atoms in total. The van der Waals surface area contributed by atoms with Crippen molar-refractivity contribution < 1.29 is 0 Å². The minimum Gasteiger partial charge on any atom is -0.265 e. The predicted octanol–water partition coefficient (Wildman–Crippen LogP) is 2.49. The fraction of sp³-hybridized carbons (Fsp3) is 0. The molecule has 7 heteroatoms. The third-order valence-corrected chi connectivity index (χ3v) is 3.96. The number of rotatable bonds is 1. The molecule has 1 aliphatic carbocycles. The van der Waals surface area contributed by atoms with Gasteiger partial charge in [-0.1, -0.05) is 24.3 Å². The monoisotopic (exact) mass is 335 g/mol. The van der Waals surface area contributed by atoms with Gasteiger partial charge in [0.05, 0.1) is 11.9 Å². The van der Waals surface area contributed by atoms with Crippen LogP contribution in [-0.4, -0.2) is 26.4 Å². The van der Waals surface area contributed by atoms with Gasteiger partial charge in [0, 0.05) is 29.1 Å². The zero-order chi connectivity index (χ0) is 17.9. The van der Waals surface area contributed by atoms with Crippen molar-refractivity contribution in [2.75, 3.05) is 0 Å². The first-order chi connectivity index (χ1) is 12.8. The van der Waals surface area contributed by atoms with Crippen molar-refractivity contribution in [1.29, 1.82) is 10.5 Å². The van der Waals surface area contributed by atoms with Crippen molar-refractivity contribution in [3.8, 4) is 23.6 Å². The molecule has 3 aromatic rings. The summed E-state index contributed by atoms with van der Waals surface area (Å²) in [6.45, 7) is 0. The molecule has 0 bridgehead atoms. The van der Waals surface area contributed by atoms with E-state index >= 15 is 0 Å². The lowest BCUT2D eigenvalue weighted by atomic mass is 9.88. The van der Waals surface area contributed by atoms with Crippen LogP contribution in [0.4, 0.5) is 0 Å². The SMILES string of the molecule is N#CN=C1c2ccccc2C(=NC#N)c2nc(-c3ccncc3)cnc21. The van der Waals surface area contributed by atoms with E-state index in [1.807, 2.05) is 48.8 Å². The minimum atomic E-state index is 0.415. The molecule has 0 saturated heterocycles. The number of hydrogen-bond acceptors (Lipinski definition) is 7. The highest BCUT2D eigenvalue weighted by Crippen LogP contribution is 2.28. The summed E-state index contributed by atoms with van der Waals surface area (Å²) in [5, 5.41) is 18.2. The van der Waals surface area contributed by atoms with Crippen molar-refractivity contribution >= 4 is 11.4 Å². The van der Waals surface area contributed by atoms with E-state index in [1.165, 1.54) is 0 Å². The number of fused-ring (bicyclic) bond motifs is 2. The highest BCUT2D eigenvalue weighted by molar-refractivity contribution is 6.30. The van der Waals surface area contributed by atoms with Gasteiger partial charge in [0.1, 0.15) is 22.8 Å². The summed E-state index contributed by atoms with van der Waals surface area (Å²) in [5.41, 5.74) is 4.53. The van der Waals surface area contributed by atoms with E-state index in [0.717, 1.165) is 5.56 Å². The van der Waals surface area contributed by atoms with Gasteiger partial charge in [-0.25, -0.2) is 9.97 Å². The topological polar surface area (TPSA) is 111 Å². The number of aliphatic imine (C=N–C) groups is 2. The van der Waals surface area contributed by atoms with E-state index in [1.54, 1.807) is 18.6 Å². The van der Waals surface area contributed by atoms with Gasteiger partial charge in [-0.2, -0.15) is 20.5 Å². The molecule has 0 spiro atoms. The molecule has 0 amide bonds. The number of nitriles is 2. The molecule has 0 radical (unpaired) electrons. The summed E-state index contributed by atoms with van der Waals surface area (Å²) in [7, 11) is 0. The van der Waals surface area contributed by atoms with Gasteiger partial charge < -0.3 is 0 Å². The van der Waals surface area contributed by atoms with Gasteiger partial charge in [0.15, 0.2) is 0 Å². The summed E-state index contributed by atoms with van der Waals surface area (Å²) in [6, 6.07) is 10.9. The molecular weight excluding hydrogens is 326 g/mol. The molecular formula is C19H9N7. The Morgan fingerprint density at radius 3 is 2.04 bits per heavy atom. The Labute approximate surface area is 148 Å². The predicted molar refractivity (Wildman–Crippen MR) is 94.2 cm³/mol. The zero-order valence-electron chi connectivity index (χ0n) is 13.3. The molecule has 0 unspecified atom stereocenters. The van der Waals surface area contributed by atoms with Gasteiger partial charge in [-0.3, -0.25) is 4.98 Å². The third-order valence-electron chi connectivity index (χ3n) is 3.96. The molecule has 26 heavy (non-hydrogen) atoms. The number of hydrogen-bond donors (Lipinski definition) is 0. The Morgan fingerprint density at radius 1 is 0.808 bits per heavy atom. The van der Waals surface area contributed by atoms with E-state index in [2.05, 4.69) is 24.9 Å². The Morgan fingerprint density at radius 2 is 1.42 bits per heavy atom. The van der Waals surface area contributed by atoms with Crippen LogP contribution in [-0.2, 0) is 0 Å². The number of benzene rings is 1. The Bertz CT molecular complexity index is 1150. The summed E-state index contributed by atoms with van der Waals surface area (Å²) >= 11 is 0. The lowest BCUT2D eigenvalue weighted by Crippen LogP contribution is -2.25. The number of nitrogens with zero attached hydrogens (tertiary/aromatic N) is 7. The first-order valence-electron chi connectivity index (χ1n) is 7.65. The Kier molecular flexibility index (Phi) is 3.74. The fourth-order valence-corrected chi connectivity index (χ4v) is 2.87. The van der Waals surface area contributed by atoms with Crippen LogP contribution in [0.1, 0.15) is 22.5 Å². The maximum absolute atomic E-state index is 9.15. The van der Waals surface area contributed by atoms with Crippen LogP contribution < -0.4 is 0 Å². The average molecular weight is 335 g/mol. The molecule has 0 aliphatic heterocycles. The summed E-state index contributed by atoms with van der Waals surface area (Å²) in [4.78, 5) is 21.0. The largest absolute Gasteiger partial charge is 0.265 e. The normalized spacial score (nSPS) is 15.0. The van der Waals surface area contributed by atoms with Gasteiger partial charge in [-0.15, -0.1) is 0 Å². The molecule has 0 saturated carbocycles. The maximum atomic E-state index is 9.15.